The summed E-state index contributed by atoms with van der Waals surface area (Å²) in [6, 6.07) is 12.2. The predicted molar refractivity (Wildman–Crippen MR) is 76.9 cm³/mol. The van der Waals surface area contributed by atoms with Crippen LogP contribution in [-0.4, -0.2) is 12.1 Å². The predicted octanol–water partition coefficient (Wildman–Crippen LogP) is 3.66. The van der Waals surface area contributed by atoms with Gasteiger partial charge in [0.15, 0.2) is 6.10 Å². The monoisotopic (exact) mass is 271 g/mol. The van der Waals surface area contributed by atoms with Crippen LogP contribution in [0.25, 0.3) is 0 Å². The minimum absolute atomic E-state index is 0.113. The van der Waals surface area contributed by atoms with Crippen LogP contribution < -0.4 is 0 Å². The van der Waals surface area contributed by atoms with Gasteiger partial charge >= 0.3 is 5.97 Å². The topological polar surface area (TPSA) is 50.1 Å². The van der Waals surface area contributed by atoms with Gasteiger partial charge in [-0.3, -0.25) is 4.79 Å². The number of carbonyl (C=O) groups excluding carboxylic acids is 1. The van der Waals surface area contributed by atoms with Crippen molar-refractivity contribution in [1.29, 1.82) is 5.26 Å². The zero-order chi connectivity index (χ0) is 14.5. The molecule has 3 nitrogen and oxygen atoms in total. The summed E-state index contributed by atoms with van der Waals surface area (Å²) < 4.78 is 5.23. The Morgan fingerprint density at radius 1 is 1.40 bits per heavy atom. The van der Waals surface area contributed by atoms with Crippen LogP contribution >= 0.6 is 0 Å². The summed E-state index contributed by atoms with van der Waals surface area (Å²) in [7, 11) is 0. The molecule has 1 aliphatic rings. The summed E-state index contributed by atoms with van der Waals surface area (Å²) in [6.45, 7) is 3.79. The summed E-state index contributed by atoms with van der Waals surface area (Å²) in [6.07, 6.45) is 2.31. The third kappa shape index (κ3) is 3.01. The standard InChI is InChI=1S/C17H21NO2/c1-3-13-9-10-15(17(19)20-12(2)11-18)16(13)14-7-5-4-6-8-14/h4-8,12-13,15-16H,3,9-10H2,1-2H3. The largest absolute Gasteiger partial charge is 0.447 e. The highest BCUT2D eigenvalue weighted by atomic mass is 16.5. The van der Waals surface area contributed by atoms with E-state index in [2.05, 4.69) is 19.1 Å². The van der Waals surface area contributed by atoms with Gasteiger partial charge in [-0.05, 0) is 37.2 Å². The third-order valence-corrected chi connectivity index (χ3v) is 4.28. The second kappa shape index (κ2) is 6.56. The van der Waals surface area contributed by atoms with Crippen molar-refractivity contribution < 1.29 is 9.53 Å². The summed E-state index contributed by atoms with van der Waals surface area (Å²) >= 11 is 0. The lowest BCUT2D eigenvalue weighted by atomic mass is 9.82. The maximum Gasteiger partial charge on any atom is 0.310 e. The van der Waals surface area contributed by atoms with E-state index < -0.39 is 6.10 Å². The molecule has 0 aliphatic heterocycles. The van der Waals surface area contributed by atoms with Crippen molar-refractivity contribution in [3.63, 3.8) is 0 Å². The second-order valence-corrected chi connectivity index (χ2v) is 5.50. The molecule has 1 aromatic rings. The molecule has 1 saturated carbocycles. The minimum atomic E-state index is -0.667. The lowest BCUT2D eigenvalue weighted by Gasteiger charge is -2.24. The molecule has 1 fully saturated rings. The Morgan fingerprint density at radius 2 is 2.10 bits per heavy atom. The zero-order valence-corrected chi connectivity index (χ0v) is 12.1. The van der Waals surface area contributed by atoms with E-state index in [1.165, 1.54) is 5.56 Å². The molecule has 0 heterocycles. The Labute approximate surface area is 120 Å². The van der Waals surface area contributed by atoms with E-state index in [9.17, 15) is 4.79 Å². The van der Waals surface area contributed by atoms with Crippen LogP contribution in [0.4, 0.5) is 0 Å². The lowest BCUT2D eigenvalue weighted by Crippen LogP contribution is -2.25. The number of carbonyl (C=O) groups is 1. The number of nitriles is 1. The van der Waals surface area contributed by atoms with Crippen molar-refractivity contribution in [2.24, 2.45) is 11.8 Å². The molecule has 0 bridgehead atoms. The molecule has 0 N–H and O–H groups in total. The molecule has 0 spiro atoms. The number of rotatable bonds is 4. The quantitative estimate of drug-likeness (QED) is 0.785. The first-order chi connectivity index (χ1) is 9.67. The van der Waals surface area contributed by atoms with Crippen molar-refractivity contribution in [3.8, 4) is 6.07 Å². The van der Waals surface area contributed by atoms with Crippen LogP contribution in [0.15, 0.2) is 30.3 Å². The van der Waals surface area contributed by atoms with Crippen LogP contribution in [0.3, 0.4) is 0 Å². The highest BCUT2D eigenvalue weighted by molar-refractivity contribution is 5.74. The molecular weight excluding hydrogens is 250 g/mol. The molecule has 3 heteroatoms. The first-order valence-corrected chi connectivity index (χ1v) is 7.32. The number of benzene rings is 1. The molecule has 20 heavy (non-hydrogen) atoms. The second-order valence-electron chi connectivity index (χ2n) is 5.50. The van der Waals surface area contributed by atoms with E-state index in [1.54, 1.807) is 6.92 Å². The first-order valence-electron chi connectivity index (χ1n) is 7.32. The summed E-state index contributed by atoms with van der Waals surface area (Å²) in [5.74, 6) is 0.411. The lowest BCUT2D eigenvalue weighted by molar-refractivity contribution is -0.151. The number of ether oxygens (including phenoxy) is 1. The minimum Gasteiger partial charge on any atom is -0.447 e. The van der Waals surface area contributed by atoms with Gasteiger partial charge in [0, 0.05) is 0 Å². The van der Waals surface area contributed by atoms with Crippen molar-refractivity contribution in [2.75, 3.05) is 0 Å². The fourth-order valence-corrected chi connectivity index (χ4v) is 3.27. The van der Waals surface area contributed by atoms with Crippen LogP contribution in [0.1, 0.15) is 44.6 Å². The normalized spacial score (nSPS) is 26.8. The fraction of sp³-hybridized carbons (Fsp3) is 0.529. The summed E-state index contributed by atoms with van der Waals surface area (Å²) in [5, 5.41) is 8.78. The fourth-order valence-electron chi connectivity index (χ4n) is 3.27. The molecule has 0 amide bonds. The van der Waals surface area contributed by atoms with E-state index in [4.69, 9.17) is 10.00 Å². The molecule has 1 aliphatic carbocycles. The van der Waals surface area contributed by atoms with Gasteiger partial charge in [0.25, 0.3) is 0 Å². The van der Waals surface area contributed by atoms with Gasteiger partial charge in [0.05, 0.1) is 5.92 Å². The summed E-state index contributed by atoms with van der Waals surface area (Å²) in [5.41, 5.74) is 1.21. The van der Waals surface area contributed by atoms with Gasteiger partial charge in [-0.15, -0.1) is 0 Å². The maximum absolute atomic E-state index is 12.3. The van der Waals surface area contributed by atoms with E-state index in [0.29, 0.717) is 5.92 Å². The van der Waals surface area contributed by atoms with Crippen LogP contribution in [0.2, 0.25) is 0 Å². The van der Waals surface area contributed by atoms with Crippen molar-refractivity contribution in [1.82, 2.24) is 0 Å². The smallest absolute Gasteiger partial charge is 0.310 e. The van der Waals surface area contributed by atoms with Gasteiger partial charge in [-0.25, -0.2) is 0 Å². The Balaban J connectivity index is 2.20. The first kappa shape index (κ1) is 14.6. The van der Waals surface area contributed by atoms with Crippen molar-refractivity contribution in [3.05, 3.63) is 35.9 Å². The SMILES string of the molecule is CCC1CCC(C(=O)OC(C)C#N)C1c1ccccc1. The molecule has 2 rings (SSSR count). The Morgan fingerprint density at radius 3 is 2.70 bits per heavy atom. The van der Waals surface area contributed by atoms with Crippen molar-refractivity contribution >= 4 is 5.97 Å². The molecule has 0 radical (unpaired) electrons. The van der Waals surface area contributed by atoms with Gasteiger partial charge in [0.1, 0.15) is 6.07 Å². The van der Waals surface area contributed by atoms with Gasteiger partial charge in [-0.1, -0.05) is 43.7 Å². The maximum atomic E-state index is 12.3. The molecule has 0 saturated heterocycles. The Hall–Kier alpha value is -1.82. The Kier molecular flexibility index (Phi) is 4.79. The molecule has 106 valence electrons. The molecule has 4 unspecified atom stereocenters. The highest BCUT2D eigenvalue weighted by Crippen LogP contribution is 2.46. The number of hydrogen-bond donors (Lipinski definition) is 0. The van der Waals surface area contributed by atoms with Crippen LogP contribution in [0, 0.1) is 23.2 Å². The zero-order valence-electron chi connectivity index (χ0n) is 12.1. The van der Waals surface area contributed by atoms with Crippen molar-refractivity contribution in [2.45, 2.75) is 45.1 Å². The van der Waals surface area contributed by atoms with E-state index in [0.717, 1.165) is 19.3 Å². The number of esters is 1. The third-order valence-electron chi connectivity index (χ3n) is 4.28. The van der Waals surface area contributed by atoms with Gasteiger partial charge < -0.3 is 4.74 Å². The van der Waals surface area contributed by atoms with E-state index >= 15 is 0 Å². The highest BCUT2D eigenvalue weighted by Gasteiger charge is 2.41. The van der Waals surface area contributed by atoms with Crippen LogP contribution in [-0.2, 0) is 9.53 Å². The molecular formula is C17H21NO2. The average Bonchev–Trinajstić information content (AvgIpc) is 2.91. The van der Waals surface area contributed by atoms with Gasteiger partial charge in [0.2, 0.25) is 0 Å². The molecule has 1 aromatic carbocycles. The van der Waals surface area contributed by atoms with Crippen LogP contribution in [0.5, 0.6) is 0 Å². The number of hydrogen-bond acceptors (Lipinski definition) is 3. The van der Waals surface area contributed by atoms with E-state index in [-0.39, 0.29) is 17.8 Å². The van der Waals surface area contributed by atoms with Gasteiger partial charge in [-0.2, -0.15) is 5.26 Å². The number of nitrogens with zero attached hydrogens (tertiary/aromatic N) is 1. The average molecular weight is 271 g/mol. The summed E-state index contributed by atoms with van der Waals surface area (Å²) in [4.78, 5) is 12.3. The molecule has 4 atom stereocenters. The van der Waals surface area contributed by atoms with E-state index in [1.807, 2.05) is 24.3 Å². The molecule has 0 aromatic heterocycles. The Bertz CT molecular complexity index is 491.